The summed E-state index contributed by atoms with van der Waals surface area (Å²) in [5.74, 6) is 7.55. The summed E-state index contributed by atoms with van der Waals surface area (Å²) < 4.78 is 14.6. The second-order valence-corrected chi connectivity index (χ2v) is 8.52. The van der Waals surface area contributed by atoms with Crippen molar-refractivity contribution in [2.24, 2.45) is 15.5 Å². The molecule has 2 aromatic carbocycles. The summed E-state index contributed by atoms with van der Waals surface area (Å²) in [6.07, 6.45) is 3.29. The first-order valence-electron chi connectivity index (χ1n) is 10.6. The van der Waals surface area contributed by atoms with Gasteiger partial charge in [0.25, 0.3) is 5.96 Å². The lowest BCUT2D eigenvalue weighted by Gasteiger charge is -2.32. The van der Waals surface area contributed by atoms with Gasteiger partial charge in [0, 0.05) is 33.8 Å². The Bertz CT molecular complexity index is 1170. The van der Waals surface area contributed by atoms with Gasteiger partial charge >= 0.3 is 0 Å². The zero-order valence-corrected chi connectivity index (χ0v) is 18.3. The summed E-state index contributed by atoms with van der Waals surface area (Å²) in [6.45, 7) is 5.32. The van der Waals surface area contributed by atoms with E-state index in [1.54, 1.807) is 0 Å². The van der Waals surface area contributed by atoms with E-state index in [1.165, 1.54) is 12.1 Å². The maximum absolute atomic E-state index is 14.6. The molecular weight excluding hydrogens is 413 g/mol. The van der Waals surface area contributed by atoms with Gasteiger partial charge in [0.2, 0.25) is 0 Å². The smallest absolute Gasteiger partial charge is 0.250 e. The number of halogens is 2. The molecule has 0 saturated heterocycles. The van der Waals surface area contributed by atoms with Gasteiger partial charge in [-0.15, -0.1) is 5.10 Å². The SMILES string of the molecule is CCN(C1=NC2=NNCN2c2cc(Cl)ccc21)c1cc(F)cc(C#CC2(CC)CC2)c1. The van der Waals surface area contributed by atoms with Gasteiger partial charge in [-0.3, -0.25) is 10.3 Å². The van der Waals surface area contributed by atoms with Crippen molar-refractivity contribution in [1.82, 2.24) is 5.43 Å². The number of aliphatic imine (C=N–C) groups is 1. The molecule has 1 fully saturated rings. The summed E-state index contributed by atoms with van der Waals surface area (Å²) >= 11 is 6.27. The third-order valence-corrected chi connectivity index (χ3v) is 6.35. The molecule has 31 heavy (non-hydrogen) atoms. The second-order valence-electron chi connectivity index (χ2n) is 8.08. The Labute approximate surface area is 186 Å². The third-order valence-electron chi connectivity index (χ3n) is 6.12. The van der Waals surface area contributed by atoms with Gasteiger partial charge in [-0.05, 0) is 62.6 Å². The van der Waals surface area contributed by atoms with Crippen molar-refractivity contribution in [2.75, 3.05) is 23.0 Å². The molecule has 0 radical (unpaired) electrons. The van der Waals surface area contributed by atoms with E-state index in [1.807, 2.05) is 41.0 Å². The van der Waals surface area contributed by atoms with E-state index in [4.69, 9.17) is 16.6 Å². The van der Waals surface area contributed by atoms with E-state index in [2.05, 4.69) is 29.3 Å². The van der Waals surface area contributed by atoms with Crippen molar-refractivity contribution in [2.45, 2.75) is 33.1 Å². The Kier molecular flexibility index (Phi) is 4.86. The average Bonchev–Trinajstić information content (AvgIpc) is 3.39. The molecule has 0 atom stereocenters. The van der Waals surface area contributed by atoms with Crippen molar-refractivity contribution in [3.05, 3.63) is 58.4 Å². The van der Waals surface area contributed by atoms with Crippen LogP contribution >= 0.6 is 11.6 Å². The molecule has 1 saturated carbocycles. The maximum Gasteiger partial charge on any atom is 0.250 e. The van der Waals surface area contributed by atoms with Gasteiger partial charge < -0.3 is 4.90 Å². The average molecular weight is 436 g/mol. The summed E-state index contributed by atoms with van der Waals surface area (Å²) in [5, 5.41) is 4.93. The van der Waals surface area contributed by atoms with E-state index in [0.717, 1.165) is 30.5 Å². The first-order chi connectivity index (χ1) is 15.0. The molecule has 2 aliphatic heterocycles. The summed E-state index contributed by atoms with van der Waals surface area (Å²) in [7, 11) is 0. The van der Waals surface area contributed by atoms with Gasteiger partial charge in [-0.2, -0.15) is 4.99 Å². The number of anilines is 2. The zero-order valence-electron chi connectivity index (χ0n) is 17.5. The van der Waals surface area contributed by atoms with Gasteiger partial charge in [-0.25, -0.2) is 4.39 Å². The van der Waals surface area contributed by atoms with Crippen LogP contribution in [0.15, 0.2) is 46.5 Å². The number of hydrogen-bond acceptors (Lipinski definition) is 5. The number of hydrazone groups is 1. The van der Waals surface area contributed by atoms with Gasteiger partial charge in [-0.1, -0.05) is 30.4 Å². The predicted molar refractivity (Wildman–Crippen MR) is 124 cm³/mol. The molecule has 5 rings (SSSR count). The lowest BCUT2D eigenvalue weighted by molar-refractivity contribution is 0.627. The van der Waals surface area contributed by atoms with E-state index in [0.29, 0.717) is 41.3 Å². The molecular formula is C24H23ClFN5. The molecule has 0 bridgehead atoms. The van der Waals surface area contributed by atoms with Crippen LogP contribution in [0.1, 0.15) is 44.2 Å². The van der Waals surface area contributed by atoms with Crippen LogP contribution < -0.4 is 15.2 Å². The van der Waals surface area contributed by atoms with E-state index in [-0.39, 0.29) is 11.2 Å². The molecule has 3 aliphatic rings. The Morgan fingerprint density at radius 1 is 1.23 bits per heavy atom. The molecule has 158 valence electrons. The number of nitrogens with one attached hydrogen (secondary N) is 1. The minimum absolute atomic E-state index is 0.125. The van der Waals surface area contributed by atoms with Gasteiger partial charge in [0.05, 0.1) is 5.69 Å². The van der Waals surface area contributed by atoms with Crippen molar-refractivity contribution in [3.8, 4) is 11.8 Å². The fourth-order valence-electron chi connectivity index (χ4n) is 4.04. The standard InChI is InChI=1S/C24H23ClFN5/c1-3-24(9-10-24)8-7-16-11-18(26)14-19(12-16)30(4-2)22-20-6-5-17(25)13-21(20)31-15-27-29-23(31)28-22/h5-6,11-14,27H,3-4,9-10,15H2,1-2H3. The largest absolute Gasteiger partial charge is 0.326 e. The molecule has 0 aromatic heterocycles. The van der Waals surface area contributed by atoms with Crippen molar-refractivity contribution < 1.29 is 4.39 Å². The fourth-order valence-corrected chi connectivity index (χ4v) is 4.21. The summed E-state index contributed by atoms with van der Waals surface area (Å²) in [4.78, 5) is 8.75. The minimum atomic E-state index is -0.309. The summed E-state index contributed by atoms with van der Waals surface area (Å²) in [5.41, 5.74) is 6.34. The van der Waals surface area contributed by atoms with Crippen LogP contribution in [0.25, 0.3) is 0 Å². The summed E-state index contributed by atoms with van der Waals surface area (Å²) in [6, 6.07) is 10.7. The van der Waals surface area contributed by atoms with Crippen molar-refractivity contribution in [3.63, 3.8) is 0 Å². The topological polar surface area (TPSA) is 43.2 Å². The van der Waals surface area contributed by atoms with E-state index in [9.17, 15) is 4.39 Å². The quantitative estimate of drug-likeness (QED) is 0.694. The predicted octanol–water partition coefficient (Wildman–Crippen LogP) is 4.95. The van der Waals surface area contributed by atoms with Crippen LogP contribution in [0.4, 0.5) is 15.8 Å². The Balaban J connectivity index is 1.57. The number of fused-ring (bicyclic) bond motifs is 3. The third kappa shape index (κ3) is 3.64. The van der Waals surface area contributed by atoms with Crippen LogP contribution in [0, 0.1) is 23.1 Å². The lowest BCUT2D eigenvalue weighted by atomic mass is 10.0. The number of hydrogen-bond donors (Lipinski definition) is 1. The first-order valence-corrected chi connectivity index (χ1v) is 11.0. The monoisotopic (exact) mass is 435 g/mol. The van der Waals surface area contributed by atoms with Gasteiger partial charge in [0.1, 0.15) is 18.3 Å². The highest BCUT2D eigenvalue weighted by atomic mass is 35.5. The fraction of sp³-hybridized carbons (Fsp3) is 0.333. The molecule has 1 aliphatic carbocycles. The van der Waals surface area contributed by atoms with Crippen LogP contribution in [-0.4, -0.2) is 25.0 Å². The Morgan fingerprint density at radius 3 is 2.81 bits per heavy atom. The zero-order chi connectivity index (χ0) is 21.6. The molecule has 0 spiro atoms. The normalized spacial score (nSPS) is 17.5. The highest BCUT2D eigenvalue weighted by Crippen LogP contribution is 2.48. The van der Waals surface area contributed by atoms with Crippen LogP contribution in [0.3, 0.4) is 0 Å². The lowest BCUT2D eigenvalue weighted by Crippen LogP contribution is -2.40. The Hall–Kier alpha value is -3.04. The van der Waals surface area contributed by atoms with Crippen molar-refractivity contribution >= 4 is 34.8 Å². The molecule has 0 unspecified atom stereocenters. The van der Waals surface area contributed by atoms with Crippen LogP contribution in [0.2, 0.25) is 5.02 Å². The van der Waals surface area contributed by atoms with E-state index >= 15 is 0 Å². The molecule has 1 N–H and O–H groups in total. The second kappa shape index (κ2) is 7.58. The van der Waals surface area contributed by atoms with Crippen LogP contribution in [-0.2, 0) is 0 Å². The number of benzene rings is 2. The maximum atomic E-state index is 14.6. The first kappa shape index (κ1) is 19.9. The van der Waals surface area contributed by atoms with Gasteiger partial charge in [0.15, 0.2) is 0 Å². The number of nitrogens with zero attached hydrogens (tertiary/aromatic N) is 4. The highest BCUT2D eigenvalue weighted by Gasteiger charge is 2.38. The minimum Gasteiger partial charge on any atom is -0.326 e. The molecule has 0 amide bonds. The molecule has 2 heterocycles. The molecule has 2 aromatic rings. The number of amidine groups is 1. The van der Waals surface area contributed by atoms with Crippen molar-refractivity contribution in [1.29, 1.82) is 0 Å². The van der Waals surface area contributed by atoms with Crippen LogP contribution in [0.5, 0.6) is 0 Å². The van der Waals surface area contributed by atoms with E-state index < -0.39 is 0 Å². The highest BCUT2D eigenvalue weighted by molar-refractivity contribution is 6.32. The molecule has 7 heteroatoms. The number of guanidine groups is 1. The molecule has 5 nitrogen and oxygen atoms in total. The Morgan fingerprint density at radius 2 is 2.06 bits per heavy atom. The number of rotatable bonds is 3.